The minimum Gasteiger partial charge on any atom is -0.469 e. The summed E-state index contributed by atoms with van der Waals surface area (Å²) in [6.07, 6.45) is 1.52. The topological polar surface area (TPSA) is 46.6 Å². The molecular formula is C17H22FNO3. The average Bonchev–Trinajstić information content (AvgIpc) is 2.47. The van der Waals surface area contributed by atoms with Crippen LogP contribution in [0.4, 0.5) is 4.39 Å². The molecule has 1 unspecified atom stereocenters. The van der Waals surface area contributed by atoms with Gasteiger partial charge in [0.2, 0.25) is 5.91 Å². The van der Waals surface area contributed by atoms with Crippen molar-refractivity contribution in [3.05, 3.63) is 47.3 Å². The third-order valence-electron chi connectivity index (χ3n) is 3.11. The first kappa shape index (κ1) is 17.9. The van der Waals surface area contributed by atoms with Gasteiger partial charge >= 0.3 is 5.97 Å². The van der Waals surface area contributed by atoms with E-state index in [0.717, 1.165) is 11.1 Å². The number of methoxy groups -OCH3 is 1. The Balaban J connectivity index is 2.90. The Morgan fingerprint density at radius 1 is 1.27 bits per heavy atom. The Labute approximate surface area is 130 Å². The fourth-order valence-electron chi connectivity index (χ4n) is 1.99. The van der Waals surface area contributed by atoms with Crippen molar-refractivity contribution in [1.82, 2.24) is 4.90 Å². The lowest BCUT2D eigenvalue weighted by Crippen LogP contribution is -2.36. The maximum atomic E-state index is 13.0. The highest BCUT2D eigenvalue weighted by Gasteiger charge is 2.20. The molecule has 0 bridgehead atoms. The molecule has 0 aliphatic carbocycles. The number of hydrogen-bond donors (Lipinski definition) is 0. The van der Waals surface area contributed by atoms with Crippen molar-refractivity contribution in [3.8, 4) is 0 Å². The molecule has 1 aromatic rings. The quantitative estimate of drug-likeness (QED) is 0.599. The van der Waals surface area contributed by atoms with E-state index in [-0.39, 0.29) is 24.2 Å². The number of amides is 1. The molecule has 0 aliphatic heterocycles. The van der Waals surface area contributed by atoms with Crippen molar-refractivity contribution in [3.63, 3.8) is 0 Å². The van der Waals surface area contributed by atoms with Gasteiger partial charge in [-0.1, -0.05) is 24.6 Å². The standard InChI is InChI=1S/C17H22FNO3/c1-12(2)9-16(20)19(10-13(3)17(21)22-4)11-14-5-7-15(18)8-6-14/h5-9,13H,10-11H2,1-4H3. The first-order valence-corrected chi connectivity index (χ1v) is 7.09. The van der Waals surface area contributed by atoms with Crippen molar-refractivity contribution in [2.45, 2.75) is 27.3 Å². The Morgan fingerprint density at radius 2 is 1.86 bits per heavy atom. The number of carbonyl (C=O) groups is 2. The zero-order valence-electron chi connectivity index (χ0n) is 13.4. The lowest BCUT2D eigenvalue weighted by molar-refractivity contribution is -0.146. The second-order valence-corrected chi connectivity index (χ2v) is 5.49. The Bertz CT molecular complexity index is 548. The predicted octanol–water partition coefficient (Wildman–Crippen LogP) is 2.93. The molecule has 22 heavy (non-hydrogen) atoms. The molecule has 1 atom stereocenters. The lowest BCUT2D eigenvalue weighted by Gasteiger charge is -2.24. The van der Waals surface area contributed by atoms with Crippen LogP contribution in [0.15, 0.2) is 35.9 Å². The average molecular weight is 307 g/mol. The van der Waals surface area contributed by atoms with Gasteiger partial charge in [0, 0.05) is 19.2 Å². The van der Waals surface area contributed by atoms with E-state index in [4.69, 9.17) is 4.74 Å². The number of ether oxygens (including phenoxy) is 1. The summed E-state index contributed by atoms with van der Waals surface area (Å²) >= 11 is 0. The monoisotopic (exact) mass is 307 g/mol. The zero-order valence-corrected chi connectivity index (χ0v) is 13.4. The highest BCUT2D eigenvalue weighted by Crippen LogP contribution is 2.11. The van der Waals surface area contributed by atoms with Crippen LogP contribution in [0.25, 0.3) is 0 Å². The number of benzene rings is 1. The Kier molecular flexibility index (Phi) is 6.76. The van der Waals surface area contributed by atoms with E-state index in [9.17, 15) is 14.0 Å². The van der Waals surface area contributed by atoms with E-state index in [1.165, 1.54) is 25.3 Å². The zero-order chi connectivity index (χ0) is 16.7. The Hall–Kier alpha value is -2.17. The van der Waals surface area contributed by atoms with E-state index in [2.05, 4.69) is 0 Å². The van der Waals surface area contributed by atoms with Gasteiger partial charge in [0.15, 0.2) is 0 Å². The number of halogens is 1. The van der Waals surface area contributed by atoms with Gasteiger partial charge in [-0.25, -0.2) is 4.39 Å². The first-order valence-electron chi connectivity index (χ1n) is 7.09. The summed E-state index contributed by atoms with van der Waals surface area (Å²) in [5.41, 5.74) is 1.67. The van der Waals surface area contributed by atoms with Crippen LogP contribution in [-0.4, -0.2) is 30.4 Å². The van der Waals surface area contributed by atoms with Gasteiger partial charge < -0.3 is 9.64 Å². The van der Waals surface area contributed by atoms with Crippen LogP contribution in [0, 0.1) is 11.7 Å². The molecule has 0 saturated heterocycles. The van der Waals surface area contributed by atoms with Gasteiger partial charge in [0.1, 0.15) is 5.82 Å². The number of esters is 1. The van der Waals surface area contributed by atoms with Gasteiger partial charge in [0.05, 0.1) is 13.0 Å². The van der Waals surface area contributed by atoms with Crippen LogP contribution in [0.1, 0.15) is 26.3 Å². The SMILES string of the molecule is COC(=O)C(C)CN(Cc1ccc(F)cc1)C(=O)C=C(C)C. The van der Waals surface area contributed by atoms with Crippen molar-refractivity contribution in [2.75, 3.05) is 13.7 Å². The number of allylic oxidation sites excluding steroid dienone is 1. The summed E-state index contributed by atoms with van der Waals surface area (Å²) in [7, 11) is 1.32. The molecule has 120 valence electrons. The number of rotatable bonds is 6. The predicted molar refractivity (Wildman–Crippen MR) is 82.4 cm³/mol. The summed E-state index contributed by atoms with van der Waals surface area (Å²) in [4.78, 5) is 25.4. The van der Waals surface area contributed by atoms with Crippen molar-refractivity contribution < 1.29 is 18.7 Å². The summed E-state index contributed by atoms with van der Waals surface area (Å²) < 4.78 is 17.7. The third-order valence-corrected chi connectivity index (χ3v) is 3.11. The smallest absolute Gasteiger partial charge is 0.310 e. The molecule has 0 aliphatic rings. The minimum atomic E-state index is -0.431. The number of carbonyl (C=O) groups excluding carboxylic acids is 2. The fraction of sp³-hybridized carbons (Fsp3) is 0.412. The minimum absolute atomic E-state index is 0.180. The molecule has 4 nitrogen and oxygen atoms in total. The molecule has 1 amide bonds. The van der Waals surface area contributed by atoms with Crippen molar-refractivity contribution >= 4 is 11.9 Å². The summed E-state index contributed by atoms with van der Waals surface area (Å²) in [6, 6.07) is 5.95. The number of nitrogens with zero attached hydrogens (tertiary/aromatic N) is 1. The molecule has 0 spiro atoms. The molecule has 0 fully saturated rings. The highest BCUT2D eigenvalue weighted by atomic mass is 19.1. The van der Waals surface area contributed by atoms with E-state index < -0.39 is 5.92 Å². The van der Waals surface area contributed by atoms with Gasteiger partial charge in [-0.2, -0.15) is 0 Å². The van der Waals surface area contributed by atoms with E-state index >= 15 is 0 Å². The maximum absolute atomic E-state index is 13.0. The van der Waals surface area contributed by atoms with Crippen LogP contribution in [0.5, 0.6) is 0 Å². The first-order chi connectivity index (χ1) is 10.3. The maximum Gasteiger partial charge on any atom is 0.310 e. The van der Waals surface area contributed by atoms with Gasteiger partial charge in [-0.05, 0) is 31.5 Å². The van der Waals surface area contributed by atoms with Crippen LogP contribution >= 0.6 is 0 Å². The van der Waals surface area contributed by atoms with Crippen LogP contribution in [0.2, 0.25) is 0 Å². The van der Waals surface area contributed by atoms with Gasteiger partial charge in [0.25, 0.3) is 0 Å². The summed E-state index contributed by atoms with van der Waals surface area (Å²) in [5, 5.41) is 0. The molecule has 5 heteroatoms. The molecule has 0 N–H and O–H groups in total. The summed E-state index contributed by atoms with van der Waals surface area (Å²) in [6.45, 7) is 5.92. The summed E-state index contributed by atoms with van der Waals surface area (Å²) in [5.74, 6) is -1.30. The number of hydrogen-bond acceptors (Lipinski definition) is 3. The Morgan fingerprint density at radius 3 is 2.36 bits per heavy atom. The second-order valence-electron chi connectivity index (χ2n) is 5.49. The van der Waals surface area contributed by atoms with E-state index in [0.29, 0.717) is 6.54 Å². The third kappa shape index (κ3) is 5.68. The van der Waals surface area contributed by atoms with E-state index in [1.807, 2.05) is 13.8 Å². The van der Waals surface area contributed by atoms with Crippen LogP contribution < -0.4 is 0 Å². The van der Waals surface area contributed by atoms with Crippen LogP contribution in [-0.2, 0) is 20.9 Å². The molecular weight excluding hydrogens is 285 g/mol. The molecule has 0 saturated carbocycles. The largest absolute Gasteiger partial charge is 0.469 e. The van der Waals surface area contributed by atoms with Gasteiger partial charge in [-0.15, -0.1) is 0 Å². The molecule has 1 rings (SSSR count). The van der Waals surface area contributed by atoms with E-state index in [1.54, 1.807) is 24.0 Å². The second kappa shape index (κ2) is 8.32. The molecule has 0 heterocycles. The van der Waals surface area contributed by atoms with Crippen molar-refractivity contribution in [2.24, 2.45) is 5.92 Å². The highest BCUT2D eigenvalue weighted by molar-refractivity contribution is 5.88. The fourth-order valence-corrected chi connectivity index (χ4v) is 1.99. The lowest BCUT2D eigenvalue weighted by atomic mass is 10.1. The normalized spacial score (nSPS) is 11.5. The molecule has 0 radical (unpaired) electrons. The van der Waals surface area contributed by atoms with Gasteiger partial charge in [-0.3, -0.25) is 9.59 Å². The molecule has 1 aromatic carbocycles. The molecule has 0 aromatic heterocycles. The van der Waals surface area contributed by atoms with Crippen molar-refractivity contribution in [1.29, 1.82) is 0 Å². The van der Waals surface area contributed by atoms with Crippen LogP contribution in [0.3, 0.4) is 0 Å².